The van der Waals surface area contributed by atoms with Crippen LogP contribution in [0.1, 0.15) is 45.5 Å². The molecule has 1 aliphatic heterocycles. The predicted octanol–water partition coefficient (Wildman–Crippen LogP) is 3.50. The van der Waals surface area contributed by atoms with E-state index >= 15 is 0 Å². The molecule has 21 heavy (non-hydrogen) atoms. The number of hydrogen-bond acceptors (Lipinski definition) is 4. The van der Waals surface area contributed by atoms with Crippen molar-refractivity contribution in [3.05, 3.63) is 29.8 Å². The Kier molecular flexibility index (Phi) is 5.01. The van der Waals surface area contributed by atoms with Gasteiger partial charge in [-0.3, -0.25) is 4.79 Å². The van der Waals surface area contributed by atoms with Crippen LogP contribution in [0.25, 0.3) is 0 Å². The Morgan fingerprint density at radius 1 is 1.33 bits per heavy atom. The van der Waals surface area contributed by atoms with Crippen molar-refractivity contribution in [2.75, 3.05) is 13.7 Å². The molecule has 4 heteroatoms. The molecule has 2 rings (SSSR count). The fourth-order valence-electron chi connectivity index (χ4n) is 2.64. The Labute approximate surface area is 126 Å². The Balaban J connectivity index is 2.11. The Hall–Kier alpha value is -1.39. The van der Waals surface area contributed by atoms with Gasteiger partial charge in [0.1, 0.15) is 11.5 Å². The second-order valence-corrected chi connectivity index (χ2v) is 5.89. The summed E-state index contributed by atoms with van der Waals surface area (Å²) in [6.07, 6.45) is 0.733. The average Bonchev–Trinajstić information content (AvgIpc) is 2.54. The van der Waals surface area contributed by atoms with Gasteiger partial charge in [-0.15, -0.1) is 0 Å². The molecule has 2 atom stereocenters. The van der Waals surface area contributed by atoms with Crippen LogP contribution in [0, 0.1) is 5.41 Å². The number of ketones is 1. The number of hydrogen-bond donors (Lipinski definition) is 0. The molecule has 116 valence electrons. The van der Waals surface area contributed by atoms with Crippen molar-refractivity contribution in [1.82, 2.24) is 0 Å². The summed E-state index contributed by atoms with van der Waals surface area (Å²) >= 11 is 0. The largest absolute Gasteiger partial charge is 0.497 e. The zero-order chi connectivity index (χ0) is 15.5. The molecule has 1 aromatic rings. The van der Waals surface area contributed by atoms with Crippen molar-refractivity contribution in [3.8, 4) is 5.75 Å². The van der Waals surface area contributed by atoms with Gasteiger partial charge in [-0.2, -0.15) is 0 Å². The molecular formula is C17H24O4. The van der Waals surface area contributed by atoms with E-state index in [0.29, 0.717) is 13.0 Å². The first-order valence-corrected chi connectivity index (χ1v) is 7.43. The molecule has 1 unspecified atom stereocenters. The van der Waals surface area contributed by atoms with E-state index in [1.165, 1.54) is 0 Å². The maximum absolute atomic E-state index is 12.1. The maximum Gasteiger partial charge on any atom is 0.184 e. The number of rotatable bonds is 5. The number of benzene rings is 1. The highest BCUT2D eigenvalue weighted by Gasteiger charge is 2.40. The molecule has 1 fully saturated rings. The van der Waals surface area contributed by atoms with Crippen LogP contribution < -0.4 is 4.74 Å². The molecule has 0 N–H and O–H groups in total. The van der Waals surface area contributed by atoms with Crippen LogP contribution in [0.3, 0.4) is 0 Å². The smallest absolute Gasteiger partial charge is 0.184 e. The van der Waals surface area contributed by atoms with Crippen molar-refractivity contribution < 1.29 is 19.0 Å². The van der Waals surface area contributed by atoms with E-state index in [1.54, 1.807) is 7.11 Å². The third-order valence-corrected chi connectivity index (χ3v) is 4.17. The lowest BCUT2D eigenvalue weighted by Gasteiger charge is -2.39. The van der Waals surface area contributed by atoms with Gasteiger partial charge in [0.2, 0.25) is 0 Å². The minimum absolute atomic E-state index is 0.120. The van der Waals surface area contributed by atoms with Crippen molar-refractivity contribution in [1.29, 1.82) is 0 Å². The standard InChI is InChI=1S/C17H24O4/c1-5-14(18)17(2,3)15-10-11-20-16(21-15)12-6-8-13(19-4)9-7-12/h6-9,15-16H,5,10-11H2,1-4H3/t15-,16?/m0/s1. The molecule has 1 aromatic carbocycles. The topological polar surface area (TPSA) is 44.8 Å². The first-order chi connectivity index (χ1) is 9.98. The van der Waals surface area contributed by atoms with Crippen molar-refractivity contribution in [2.24, 2.45) is 5.41 Å². The molecule has 1 heterocycles. The molecule has 4 nitrogen and oxygen atoms in total. The summed E-state index contributed by atoms with van der Waals surface area (Å²) < 4.78 is 16.9. The van der Waals surface area contributed by atoms with Gasteiger partial charge in [0, 0.05) is 17.4 Å². The van der Waals surface area contributed by atoms with Gasteiger partial charge in [-0.25, -0.2) is 0 Å². The molecule has 0 radical (unpaired) electrons. The highest BCUT2D eigenvalue weighted by molar-refractivity contribution is 5.84. The van der Waals surface area contributed by atoms with Gasteiger partial charge >= 0.3 is 0 Å². The summed E-state index contributed by atoms with van der Waals surface area (Å²) in [6.45, 7) is 6.41. The summed E-state index contributed by atoms with van der Waals surface area (Å²) in [5, 5.41) is 0. The van der Waals surface area contributed by atoms with Crippen LogP contribution in [-0.4, -0.2) is 25.6 Å². The fourth-order valence-corrected chi connectivity index (χ4v) is 2.64. The van der Waals surface area contributed by atoms with E-state index in [0.717, 1.165) is 17.7 Å². The van der Waals surface area contributed by atoms with Gasteiger partial charge in [-0.05, 0) is 18.6 Å². The van der Waals surface area contributed by atoms with Gasteiger partial charge in [0.15, 0.2) is 6.29 Å². The monoisotopic (exact) mass is 292 g/mol. The summed E-state index contributed by atoms with van der Waals surface area (Å²) in [5.74, 6) is 1.02. The Bertz CT molecular complexity index is 478. The molecule has 0 aliphatic carbocycles. The van der Waals surface area contributed by atoms with E-state index in [2.05, 4.69) is 0 Å². The van der Waals surface area contributed by atoms with Crippen LogP contribution >= 0.6 is 0 Å². The minimum atomic E-state index is -0.483. The highest BCUT2D eigenvalue weighted by Crippen LogP contribution is 2.36. The lowest BCUT2D eigenvalue weighted by atomic mass is 9.79. The summed E-state index contributed by atoms with van der Waals surface area (Å²) in [4.78, 5) is 12.1. The SMILES string of the molecule is CCC(=O)C(C)(C)[C@@H]1CCOC(c2ccc(OC)cc2)O1. The number of methoxy groups -OCH3 is 1. The zero-order valence-corrected chi connectivity index (χ0v) is 13.2. The number of Topliss-reactive ketones (excluding diaryl/α,β-unsaturated/α-hetero) is 1. The van der Waals surface area contributed by atoms with Crippen molar-refractivity contribution in [2.45, 2.75) is 46.0 Å². The lowest BCUT2D eigenvalue weighted by Crippen LogP contribution is -2.43. The minimum Gasteiger partial charge on any atom is -0.497 e. The normalized spacial score (nSPS) is 22.9. The number of carbonyl (C=O) groups excluding carboxylic acids is 1. The Morgan fingerprint density at radius 2 is 2.00 bits per heavy atom. The molecular weight excluding hydrogens is 268 g/mol. The molecule has 0 amide bonds. The van der Waals surface area contributed by atoms with Crippen molar-refractivity contribution in [3.63, 3.8) is 0 Å². The van der Waals surface area contributed by atoms with Crippen LogP contribution in [0.2, 0.25) is 0 Å². The zero-order valence-electron chi connectivity index (χ0n) is 13.2. The summed E-state index contributed by atoms with van der Waals surface area (Å²) in [5.41, 5.74) is 0.462. The fraction of sp³-hybridized carbons (Fsp3) is 0.588. The number of ether oxygens (including phenoxy) is 3. The molecule has 0 bridgehead atoms. The molecule has 0 saturated carbocycles. The van der Waals surface area contributed by atoms with E-state index in [1.807, 2.05) is 45.0 Å². The third-order valence-electron chi connectivity index (χ3n) is 4.17. The summed E-state index contributed by atoms with van der Waals surface area (Å²) in [7, 11) is 1.64. The second-order valence-electron chi connectivity index (χ2n) is 5.89. The van der Waals surface area contributed by atoms with E-state index in [4.69, 9.17) is 14.2 Å². The van der Waals surface area contributed by atoms with Crippen LogP contribution in [0.4, 0.5) is 0 Å². The lowest BCUT2D eigenvalue weighted by molar-refractivity contribution is -0.238. The first-order valence-electron chi connectivity index (χ1n) is 7.43. The average molecular weight is 292 g/mol. The first kappa shape index (κ1) is 16.0. The van der Waals surface area contributed by atoms with Crippen LogP contribution in [0.15, 0.2) is 24.3 Å². The van der Waals surface area contributed by atoms with Crippen LogP contribution in [-0.2, 0) is 14.3 Å². The van der Waals surface area contributed by atoms with Gasteiger partial charge in [0.05, 0.1) is 19.8 Å². The Morgan fingerprint density at radius 3 is 2.57 bits per heavy atom. The van der Waals surface area contributed by atoms with E-state index in [9.17, 15) is 4.79 Å². The molecule has 1 saturated heterocycles. The molecule has 0 spiro atoms. The number of carbonyl (C=O) groups is 1. The maximum atomic E-state index is 12.1. The van der Waals surface area contributed by atoms with E-state index in [-0.39, 0.29) is 11.9 Å². The van der Waals surface area contributed by atoms with Crippen LogP contribution in [0.5, 0.6) is 5.75 Å². The van der Waals surface area contributed by atoms with E-state index < -0.39 is 11.7 Å². The summed E-state index contributed by atoms with van der Waals surface area (Å²) in [6, 6.07) is 7.63. The predicted molar refractivity (Wildman–Crippen MR) is 80.3 cm³/mol. The third kappa shape index (κ3) is 3.44. The second kappa shape index (κ2) is 6.58. The molecule has 0 aromatic heterocycles. The quantitative estimate of drug-likeness (QED) is 0.833. The highest BCUT2D eigenvalue weighted by atomic mass is 16.7. The van der Waals surface area contributed by atoms with Crippen molar-refractivity contribution >= 4 is 5.78 Å². The van der Waals surface area contributed by atoms with Gasteiger partial charge < -0.3 is 14.2 Å². The van der Waals surface area contributed by atoms with Gasteiger partial charge in [-0.1, -0.05) is 32.9 Å². The van der Waals surface area contributed by atoms with Gasteiger partial charge in [0.25, 0.3) is 0 Å². The molecule has 1 aliphatic rings.